The second kappa shape index (κ2) is 5.85. The Morgan fingerprint density at radius 3 is 2.29 bits per heavy atom. The molecule has 17 heavy (non-hydrogen) atoms. The molecular formula is C14H9Br2Cl. The van der Waals surface area contributed by atoms with Crippen LogP contribution in [0.25, 0.3) is 12.2 Å². The standard InChI is InChI=1S/C14H9Br2Cl/c15-12-8-5-10(6-9-12)4-7-11-2-1-3-13(16)14(11)17/h1-9H. The van der Waals surface area contributed by atoms with Crippen LogP contribution in [0.1, 0.15) is 11.1 Å². The average molecular weight is 372 g/mol. The van der Waals surface area contributed by atoms with E-state index in [2.05, 4.69) is 31.9 Å². The fourth-order valence-corrected chi connectivity index (χ4v) is 2.24. The highest BCUT2D eigenvalue weighted by atomic mass is 79.9. The lowest BCUT2D eigenvalue weighted by atomic mass is 10.1. The molecule has 0 heterocycles. The van der Waals surface area contributed by atoms with Gasteiger partial charge in [-0.05, 0) is 45.3 Å². The Morgan fingerprint density at radius 1 is 0.882 bits per heavy atom. The van der Waals surface area contributed by atoms with Gasteiger partial charge in [-0.2, -0.15) is 0 Å². The van der Waals surface area contributed by atoms with Crippen LogP contribution in [-0.4, -0.2) is 0 Å². The highest BCUT2D eigenvalue weighted by Crippen LogP contribution is 2.27. The number of hydrogen-bond donors (Lipinski definition) is 0. The van der Waals surface area contributed by atoms with E-state index in [1.54, 1.807) is 0 Å². The van der Waals surface area contributed by atoms with Crippen molar-refractivity contribution in [3.63, 3.8) is 0 Å². The molecule has 0 aliphatic rings. The molecule has 0 saturated heterocycles. The van der Waals surface area contributed by atoms with Crippen LogP contribution in [0.4, 0.5) is 0 Å². The van der Waals surface area contributed by atoms with Crippen LogP contribution >= 0.6 is 43.5 Å². The van der Waals surface area contributed by atoms with Crippen molar-refractivity contribution in [1.29, 1.82) is 0 Å². The van der Waals surface area contributed by atoms with Gasteiger partial charge in [0.2, 0.25) is 0 Å². The molecule has 86 valence electrons. The molecule has 0 atom stereocenters. The number of hydrogen-bond acceptors (Lipinski definition) is 0. The van der Waals surface area contributed by atoms with Crippen LogP contribution < -0.4 is 0 Å². The molecule has 2 aromatic rings. The van der Waals surface area contributed by atoms with Crippen molar-refractivity contribution in [2.45, 2.75) is 0 Å². The van der Waals surface area contributed by atoms with Gasteiger partial charge in [-0.15, -0.1) is 0 Å². The van der Waals surface area contributed by atoms with E-state index in [-0.39, 0.29) is 0 Å². The average Bonchev–Trinajstić information content (AvgIpc) is 2.33. The van der Waals surface area contributed by atoms with Crippen molar-refractivity contribution in [3.8, 4) is 0 Å². The molecule has 0 nitrogen and oxygen atoms in total. The van der Waals surface area contributed by atoms with E-state index in [0.29, 0.717) is 0 Å². The predicted octanol–water partition coefficient (Wildman–Crippen LogP) is 6.04. The van der Waals surface area contributed by atoms with E-state index in [9.17, 15) is 0 Å². The third-order valence-electron chi connectivity index (χ3n) is 2.31. The van der Waals surface area contributed by atoms with E-state index in [0.717, 1.165) is 25.1 Å². The van der Waals surface area contributed by atoms with Crippen molar-refractivity contribution in [2.75, 3.05) is 0 Å². The smallest absolute Gasteiger partial charge is 0.0620 e. The van der Waals surface area contributed by atoms with Gasteiger partial charge in [-0.1, -0.05) is 63.9 Å². The first-order valence-corrected chi connectivity index (χ1v) is 7.01. The molecule has 0 amide bonds. The van der Waals surface area contributed by atoms with Gasteiger partial charge in [-0.3, -0.25) is 0 Å². The van der Waals surface area contributed by atoms with Crippen molar-refractivity contribution < 1.29 is 0 Å². The Bertz CT molecular complexity index is 545. The number of benzene rings is 2. The van der Waals surface area contributed by atoms with Gasteiger partial charge in [0.1, 0.15) is 0 Å². The van der Waals surface area contributed by atoms with E-state index in [1.807, 2.05) is 54.6 Å². The Balaban J connectivity index is 2.26. The summed E-state index contributed by atoms with van der Waals surface area (Å²) in [6.45, 7) is 0. The lowest BCUT2D eigenvalue weighted by Gasteiger charge is -2.00. The van der Waals surface area contributed by atoms with E-state index in [1.165, 1.54) is 0 Å². The van der Waals surface area contributed by atoms with Crippen LogP contribution in [0.3, 0.4) is 0 Å². The Morgan fingerprint density at radius 2 is 1.59 bits per heavy atom. The quantitative estimate of drug-likeness (QED) is 0.564. The molecule has 0 aliphatic carbocycles. The van der Waals surface area contributed by atoms with Gasteiger partial charge < -0.3 is 0 Å². The summed E-state index contributed by atoms with van der Waals surface area (Å²) in [4.78, 5) is 0. The van der Waals surface area contributed by atoms with Crippen LogP contribution in [0, 0.1) is 0 Å². The second-order valence-corrected chi connectivity index (χ2v) is 5.68. The zero-order valence-electron chi connectivity index (χ0n) is 8.83. The predicted molar refractivity (Wildman–Crippen MR) is 82.2 cm³/mol. The Kier molecular flexibility index (Phi) is 4.43. The van der Waals surface area contributed by atoms with E-state index >= 15 is 0 Å². The third-order valence-corrected chi connectivity index (χ3v) is 4.15. The van der Waals surface area contributed by atoms with E-state index < -0.39 is 0 Å². The van der Waals surface area contributed by atoms with Crippen LogP contribution in [-0.2, 0) is 0 Å². The first kappa shape index (κ1) is 12.9. The van der Waals surface area contributed by atoms with Crippen molar-refractivity contribution >= 4 is 55.6 Å². The second-order valence-electron chi connectivity index (χ2n) is 3.53. The Hall–Kier alpha value is -0.570. The molecule has 0 bridgehead atoms. The summed E-state index contributed by atoms with van der Waals surface area (Å²) < 4.78 is 1.99. The minimum absolute atomic E-state index is 0.737. The fourth-order valence-electron chi connectivity index (χ4n) is 1.41. The summed E-state index contributed by atoms with van der Waals surface area (Å²) >= 11 is 13.0. The molecule has 0 fully saturated rings. The van der Waals surface area contributed by atoms with Crippen molar-refractivity contribution in [2.24, 2.45) is 0 Å². The minimum atomic E-state index is 0.737. The molecule has 0 spiro atoms. The lowest BCUT2D eigenvalue weighted by molar-refractivity contribution is 1.60. The SMILES string of the molecule is Clc1c(Br)cccc1C=Cc1ccc(Br)cc1. The molecular weight excluding hydrogens is 363 g/mol. The molecule has 0 aliphatic heterocycles. The normalized spacial score (nSPS) is 11.0. The number of rotatable bonds is 2. The first-order valence-electron chi connectivity index (χ1n) is 5.04. The molecule has 0 aromatic heterocycles. The lowest BCUT2D eigenvalue weighted by Crippen LogP contribution is -1.77. The van der Waals surface area contributed by atoms with Crippen LogP contribution in [0.2, 0.25) is 5.02 Å². The number of halogens is 3. The van der Waals surface area contributed by atoms with Gasteiger partial charge in [0.05, 0.1) is 5.02 Å². The summed E-state index contributed by atoms with van der Waals surface area (Å²) in [7, 11) is 0. The monoisotopic (exact) mass is 370 g/mol. The zero-order valence-corrected chi connectivity index (χ0v) is 12.8. The topological polar surface area (TPSA) is 0 Å². The maximum atomic E-state index is 6.18. The summed E-state index contributed by atoms with van der Waals surface area (Å²) in [6, 6.07) is 14.0. The van der Waals surface area contributed by atoms with Crippen LogP contribution in [0.5, 0.6) is 0 Å². The zero-order chi connectivity index (χ0) is 12.3. The molecule has 0 saturated carbocycles. The maximum Gasteiger partial charge on any atom is 0.0620 e. The molecule has 3 heteroatoms. The van der Waals surface area contributed by atoms with Gasteiger partial charge in [-0.25, -0.2) is 0 Å². The summed E-state index contributed by atoms with van der Waals surface area (Å²) in [6.07, 6.45) is 4.05. The van der Waals surface area contributed by atoms with Gasteiger partial charge in [0.25, 0.3) is 0 Å². The van der Waals surface area contributed by atoms with Gasteiger partial charge in [0, 0.05) is 8.95 Å². The fraction of sp³-hybridized carbons (Fsp3) is 0. The molecule has 0 N–H and O–H groups in total. The molecule has 2 aromatic carbocycles. The first-order chi connectivity index (χ1) is 8.16. The summed E-state index contributed by atoms with van der Waals surface area (Å²) in [5, 5.41) is 0.737. The van der Waals surface area contributed by atoms with Crippen molar-refractivity contribution in [3.05, 3.63) is 67.6 Å². The Labute approximate surface area is 123 Å². The highest BCUT2D eigenvalue weighted by molar-refractivity contribution is 9.10. The summed E-state index contributed by atoms with van der Waals surface area (Å²) in [5.74, 6) is 0. The van der Waals surface area contributed by atoms with Crippen LogP contribution in [0.15, 0.2) is 51.4 Å². The minimum Gasteiger partial charge on any atom is -0.0824 e. The largest absolute Gasteiger partial charge is 0.0824 e. The van der Waals surface area contributed by atoms with Crippen molar-refractivity contribution in [1.82, 2.24) is 0 Å². The maximum absolute atomic E-state index is 6.18. The van der Waals surface area contributed by atoms with E-state index in [4.69, 9.17) is 11.6 Å². The summed E-state index contributed by atoms with van der Waals surface area (Å²) in [5.41, 5.74) is 2.15. The molecule has 0 radical (unpaired) electrons. The third kappa shape index (κ3) is 3.44. The van der Waals surface area contributed by atoms with Gasteiger partial charge >= 0.3 is 0 Å². The molecule has 2 rings (SSSR count). The van der Waals surface area contributed by atoms with Gasteiger partial charge in [0.15, 0.2) is 0 Å². The molecule has 0 unspecified atom stereocenters. The highest BCUT2D eigenvalue weighted by Gasteiger charge is 1.99.